The number of rotatable bonds is 2. The molecule has 1 rings (SSSR count). The Hall–Kier alpha value is -0.410. The third-order valence-electron chi connectivity index (χ3n) is 1.67. The van der Waals surface area contributed by atoms with Crippen LogP contribution in [0.2, 0.25) is 5.02 Å². The first-order valence-corrected chi connectivity index (χ1v) is 4.93. The van der Waals surface area contributed by atoms with Crippen molar-refractivity contribution in [2.24, 2.45) is 0 Å². The zero-order chi connectivity index (χ0) is 10.0. The molecule has 1 aromatic rings. The van der Waals surface area contributed by atoms with Crippen molar-refractivity contribution in [3.63, 3.8) is 0 Å². The zero-order valence-corrected chi connectivity index (χ0v) is 10.1. The largest absolute Gasteiger partial charge is 0.497 e. The fourth-order valence-corrected chi connectivity index (χ4v) is 2.37. The first-order chi connectivity index (χ1) is 6.06. The maximum absolute atomic E-state index is 6.06. The summed E-state index contributed by atoms with van der Waals surface area (Å²) < 4.78 is 6.01. The summed E-state index contributed by atoms with van der Waals surface area (Å²) in [5.74, 6) is 0.752. The molecule has 2 nitrogen and oxygen atoms in total. The van der Waals surface area contributed by atoms with E-state index < -0.39 is 0 Å². The van der Waals surface area contributed by atoms with Crippen molar-refractivity contribution in [2.75, 3.05) is 26.1 Å². The molecule has 0 heterocycles. The summed E-state index contributed by atoms with van der Waals surface area (Å²) in [5, 5.41) is 0.677. The van der Waals surface area contributed by atoms with Gasteiger partial charge in [0.1, 0.15) is 5.75 Å². The second kappa shape index (κ2) is 4.20. The van der Waals surface area contributed by atoms with Crippen molar-refractivity contribution in [2.45, 2.75) is 0 Å². The number of hydrogen-bond acceptors (Lipinski definition) is 2. The van der Waals surface area contributed by atoms with Crippen molar-refractivity contribution < 1.29 is 4.74 Å². The lowest BCUT2D eigenvalue weighted by Gasteiger charge is -2.17. The molecular formula is C9H11BrClNO. The summed E-state index contributed by atoms with van der Waals surface area (Å²) >= 11 is 9.49. The van der Waals surface area contributed by atoms with Crippen LogP contribution in [-0.2, 0) is 0 Å². The monoisotopic (exact) mass is 263 g/mol. The van der Waals surface area contributed by atoms with Crippen LogP contribution in [0.4, 0.5) is 5.69 Å². The Morgan fingerprint density at radius 2 is 2.00 bits per heavy atom. The second-order valence-corrected chi connectivity index (χ2v) is 4.10. The summed E-state index contributed by atoms with van der Waals surface area (Å²) in [4.78, 5) is 1.95. The van der Waals surface area contributed by atoms with Crippen LogP contribution in [0, 0.1) is 0 Å². The predicted molar refractivity (Wildman–Crippen MR) is 60.0 cm³/mol. The maximum atomic E-state index is 6.06. The number of methoxy groups -OCH3 is 1. The van der Waals surface area contributed by atoms with Crippen LogP contribution >= 0.6 is 27.5 Å². The third-order valence-corrected chi connectivity index (χ3v) is 2.57. The molecule has 72 valence electrons. The van der Waals surface area contributed by atoms with Gasteiger partial charge < -0.3 is 9.64 Å². The van der Waals surface area contributed by atoms with Crippen molar-refractivity contribution in [3.05, 3.63) is 21.6 Å². The Morgan fingerprint density at radius 1 is 1.38 bits per heavy atom. The SMILES string of the molecule is COc1cc(Cl)c(N(C)C)c(Br)c1. The van der Waals surface area contributed by atoms with Gasteiger partial charge in [0.2, 0.25) is 0 Å². The van der Waals surface area contributed by atoms with Crippen LogP contribution in [0.15, 0.2) is 16.6 Å². The van der Waals surface area contributed by atoms with E-state index in [1.807, 2.05) is 25.1 Å². The van der Waals surface area contributed by atoms with E-state index in [1.54, 1.807) is 13.2 Å². The van der Waals surface area contributed by atoms with Crippen LogP contribution in [0.25, 0.3) is 0 Å². The Morgan fingerprint density at radius 3 is 2.38 bits per heavy atom. The topological polar surface area (TPSA) is 12.5 Å². The van der Waals surface area contributed by atoms with E-state index in [2.05, 4.69) is 15.9 Å². The molecule has 0 fully saturated rings. The fraction of sp³-hybridized carbons (Fsp3) is 0.333. The highest BCUT2D eigenvalue weighted by molar-refractivity contribution is 9.10. The van der Waals surface area contributed by atoms with Crippen LogP contribution in [0.1, 0.15) is 0 Å². The lowest BCUT2D eigenvalue weighted by molar-refractivity contribution is 0.414. The van der Waals surface area contributed by atoms with E-state index >= 15 is 0 Å². The minimum Gasteiger partial charge on any atom is -0.497 e. The number of benzene rings is 1. The van der Waals surface area contributed by atoms with E-state index in [9.17, 15) is 0 Å². The Labute approximate surface area is 91.6 Å². The highest BCUT2D eigenvalue weighted by Crippen LogP contribution is 2.36. The van der Waals surface area contributed by atoms with Crippen molar-refractivity contribution >= 4 is 33.2 Å². The quantitative estimate of drug-likeness (QED) is 0.813. The van der Waals surface area contributed by atoms with Crippen LogP contribution in [-0.4, -0.2) is 21.2 Å². The van der Waals surface area contributed by atoms with E-state index in [4.69, 9.17) is 16.3 Å². The molecule has 0 aliphatic carbocycles. The molecule has 0 atom stereocenters. The standard InChI is InChI=1S/C9H11BrClNO/c1-12(2)9-7(10)4-6(13-3)5-8(9)11/h4-5H,1-3H3. The summed E-state index contributed by atoms with van der Waals surface area (Å²) in [6, 6.07) is 3.68. The zero-order valence-electron chi connectivity index (χ0n) is 7.77. The van der Waals surface area contributed by atoms with Crippen LogP contribution in [0.5, 0.6) is 5.75 Å². The molecule has 0 amide bonds. The molecule has 0 aliphatic rings. The summed E-state index contributed by atoms with van der Waals surface area (Å²) in [7, 11) is 5.50. The molecule has 4 heteroatoms. The summed E-state index contributed by atoms with van der Waals surface area (Å²) in [5.41, 5.74) is 0.961. The molecule has 0 N–H and O–H groups in total. The minimum absolute atomic E-state index is 0.677. The molecule has 0 saturated heterocycles. The lowest BCUT2D eigenvalue weighted by Crippen LogP contribution is -2.10. The highest BCUT2D eigenvalue weighted by Gasteiger charge is 2.09. The molecule has 0 bridgehead atoms. The Bertz CT molecular complexity index is 291. The van der Waals surface area contributed by atoms with Gasteiger partial charge in [-0.3, -0.25) is 0 Å². The second-order valence-electron chi connectivity index (χ2n) is 2.83. The lowest BCUT2D eigenvalue weighted by atomic mass is 10.3. The van der Waals surface area contributed by atoms with Gasteiger partial charge in [-0.05, 0) is 22.0 Å². The maximum Gasteiger partial charge on any atom is 0.121 e. The normalized spacial score (nSPS) is 9.92. The number of hydrogen-bond donors (Lipinski definition) is 0. The van der Waals surface area contributed by atoms with Crippen molar-refractivity contribution in [3.8, 4) is 5.75 Å². The van der Waals surface area contributed by atoms with E-state index in [-0.39, 0.29) is 0 Å². The number of halogens is 2. The third kappa shape index (κ3) is 2.29. The Balaban J connectivity index is 3.23. The van der Waals surface area contributed by atoms with Gasteiger partial charge in [-0.25, -0.2) is 0 Å². The highest BCUT2D eigenvalue weighted by atomic mass is 79.9. The van der Waals surface area contributed by atoms with Crippen LogP contribution < -0.4 is 9.64 Å². The van der Waals surface area contributed by atoms with Crippen LogP contribution in [0.3, 0.4) is 0 Å². The predicted octanol–water partition coefficient (Wildman–Crippen LogP) is 3.18. The van der Waals surface area contributed by atoms with Crippen molar-refractivity contribution in [1.29, 1.82) is 0 Å². The molecule has 0 unspecified atom stereocenters. The summed E-state index contributed by atoms with van der Waals surface area (Å²) in [6.07, 6.45) is 0. The average Bonchev–Trinajstić information content (AvgIpc) is 2.02. The number of anilines is 1. The van der Waals surface area contributed by atoms with Gasteiger partial charge in [-0.15, -0.1) is 0 Å². The Kier molecular flexibility index (Phi) is 3.45. The van der Waals surface area contributed by atoms with Gasteiger partial charge in [0.15, 0.2) is 0 Å². The average molecular weight is 265 g/mol. The van der Waals surface area contributed by atoms with E-state index in [0.717, 1.165) is 15.9 Å². The molecule has 0 aromatic heterocycles. The van der Waals surface area contributed by atoms with Gasteiger partial charge >= 0.3 is 0 Å². The fourth-order valence-electron chi connectivity index (χ4n) is 1.09. The molecule has 13 heavy (non-hydrogen) atoms. The van der Waals surface area contributed by atoms with Gasteiger partial charge in [0.05, 0.1) is 17.8 Å². The first kappa shape index (κ1) is 10.7. The van der Waals surface area contributed by atoms with Gasteiger partial charge in [0, 0.05) is 24.6 Å². The van der Waals surface area contributed by atoms with E-state index in [1.165, 1.54) is 0 Å². The van der Waals surface area contributed by atoms with Gasteiger partial charge in [0.25, 0.3) is 0 Å². The molecule has 1 aromatic carbocycles. The summed E-state index contributed by atoms with van der Waals surface area (Å²) in [6.45, 7) is 0. The number of ether oxygens (including phenoxy) is 1. The number of nitrogens with zero attached hydrogens (tertiary/aromatic N) is 1. The molecule has 0 spiro atoms. The molecule has 0 radical (unpaired) electrons. The smallest absolute Gasteiger partial charge is 0.121 e. The van der Waals surface area contributed by atoms with Crippen molar-refractivity contribution in [1.82, 2.24) is 0 Å². The van der Waals surface area contributed by atoms with Gasteiger partial charge in [-0.1, -0.05) is 11.6 Å². The molecular weight excluding hydrogens is 253 g/mol. The van der Waals surface area contributed by atoms with E-state index in [0.29, 0.717) is 5.02 Å². The minimum atomic E-state index is 0.677. The first-order valence-electron chi connectivity index (χ1n) is 3.76. The van der Waals surface area contributed by atoms with Gasteiger partial charge in [-0.2, -0.15) is 0 Å². The molecule has 0 aliphatic heterocycles. The molecule has 0 saturated carbocycles.